The molecule has 56 heavy (non-hydrogen) atoms. The van der Waals surface area contributed by atoms with E-state index in [1.807, 2.05) is 0 Å². The third-order valence-corrected chi connectivity index (χ3v) is 16.2. The van der Waals surface area contributed by atoms with E-state index < -0.39 is 36.0 Å². The van der Waals surface area contributed by atoms with E-state index in [1.54, 1.807) is 42.5 Å². The van der Waals surface area contributed by atoms with Gasteiger partial charge in [0.2, 0.25) is 10.0 Å². The van der Waals surface area contributed by atoms with Crippen molar-refractivity contribution in [3.8, 4) is 22.6 Å². The average molecular weight is 815 g/mol. The summed E-state index contributed by atoms with van der Waals surface area (Å²) >= 11 is 0. The van der Waals surface area contributed by atoms with E-state index in [0.717, 1.165) is 76.5 Å². The number of halogens is 1. The summed E-state index contributed by atoms with van der Waals surface area (Å²) in [6.07, 6.45) is 9.14. The minimum atomic E-state index is -3.56. The Bertz CT molecular complexity index is 1850. The zero-order chi connectivity index (χ0) is 41.1. The molecule has 11 nitrogen and oxygen atoms in total. The molecule has 1 atom stereocenters. The maximum Gasteiger partial charge on any atom is 0.412 e. The largest absolute Gasteiger partial charge is 0.506 e. The molecule has 1 aliphatic heterocycles. The Hall–Kier alpha value is -3.69. The Morgan fingerprint density at radius 3 is 2.20 bits per heavy atom. The fourth-order valence-corrected chi connectivity index (χ4v) is 8.80. The highest BCUT2D eigenvalue weighted by atomic mass is 32.2. The summed E-state index contributed by atoms with van der Waals surface area (Å²) in [7, 11) is -5.72. The van der Waals surface area contributed by atoms with Crippen molar-refractivity contribution in [1.29, 1.82) is 0 Å². The molecule has 0 saturated carbocycles. The summed E-state index contributed by atoms with van der Waals surface area (Å²) in [4.78, 5) is 16.4. The average Bonchev–Trinajstić information content (AvgIpc) is 3.12. The van der Waals surface area contributed by atoms with Crippen LogP contribution in [0.15, 0.2) is 60.7 Å². The number of aromatic hydroxyl groups is 2. The van der Waals surface area contributed by atoms with Gasteiger partial charge in [0.15, 0.2) is 19.9 Å². The SMILES string of the molecule is CC(C)(C)[Si](C)(C)O[C@H](CNCCCCCCCCCN1CCC(N(C(=O)O)c2ccccc2-c2ccc(O)c(F)c2)CC1)c1ccc(O)c(NS(C)(=O)=O)c1. The first-order valence-electron chi connectivity index (χ1n) is 19.9. The number of phenols is 2. The van der Waals surface area contributed by atoms with E-state index in [1.165, 1.54) is 42.4 Å². The molecular formula is C42H63FN4O7SSi. The number of nitrogens with one attached hydrogen (secondary N) is 2. The summed E-state index contributed by atoms with van der Waals surface area (Å²) in [5.41, 5.74) is 2.60. The highest BCUT2D eigenvalue weighted by Crippen LogP contribution is 2.41. The van der Waals surface area contributed by atoms with E-state index in [9.17, 15) is 32.9 Å². The van der Waals surface area contributed by atoms with Gasteiger partial charge in [-0.2, -0.15) is 0 Å². The number of hydrogen-bond donors (Lipinski definition) is 5. The fraction of sp³-hybridized carbons (Fsp3) is 0.548. The number of phenolic OH excluding ortho intramolecular Hbond substituents is 2. The lowest BCUT2D eigenvalue weighted by Gasteiger charge is -2.39. The van der Waals surface area contributed by atoms with E-state index in [-0.39, 0.29) is 28.6 Å². The van der Waals surface area contributed by atoms with Crippen LogP contribution >= 0.6 is 0 Å². The second-order valence-electron chi connectivity index (χ2n) is 16.6. The molecular weight excluding hydrogens is 752 g/mol. The van der Waals surface area contributed by atoms with Gasteiger partial charge in [0.05, 0.1) is 23.7 Å². The first-order valence-corrected chi connectivity index (χ1v) is 24.7. The van der Waals surface area contributed by atoms with Crippen molar-refractivity contribution in [3.63, 3.8) is 0 Å². The van der Waals surface area contributed by atoms with Crippen molar-refractivity contribution in [2.75, 3.05) is 48.6 Å². The zero-order valence-corrected chi connectivity index (χ0v) is 35.8. The number of benzene rings is 3. The van der Waals surface area contributed by atoms with E-state index in [0.29, 0.717) is 23.4 Å². The number of carbonyl (C=O) groups is 1. The van der Waals surface area contributed by atoms with Gasteiger partial charge in [-0.25, -0.2) is 17.6 Å². The second-order valence-corrected chi connectivity index (χ2v) is 23.1. The van der Waals surface area contributed by atoms with Crippen LogP contribution in [0.2, 0.25) is 18.1 Å². The van der Waals surface area contributed by atoms with Crippen molar-refractivity contribution < 1.29 is 37.3 Å². The molecule has 3 aromatic carbocycles. The monoisotopic (exact) mass is 814 g/mol. The molecule has 1 fully saturated rings. The molecule has 0 aliphatic carbocycles. The number of para-hydroxylation sites is 1. The van der Waals surface area contributed by atoms with Crippen LogP contribution in [0.25, 0.3) is 11.1 Å². The standard InChI is InChI=1S/C42H63FN4O7SSi/c1-42(2,3)56(5,6)54-40(32-19-21-39(49)36(29-32)45-55(4,52)53)30-44-24-14-10-8-7-9-11-15-25-46-26-22-33(23-27-46)47(41(50)51)37-17-13-12-16-34(37)31-18-20-38(48)35(43)28-31/h12-13,16-21,28-29,33,40,44-45,48-49H,7-11,14-15,22-27,30H2,1-6H3,(H,50,51)/t40-/m1/s1. The van der Waals surface area contributed by atoms with Gasteiger partial charge in [0, 0.05) is 31.2 Å². The number of piperidine rings is 1. The van der Waals surface area contributed by atoms with Crippen LogP contribution in [-0.4, -0.2) is 88.1 Å². The minimum absolute atomic E-state index is 0.00850. The molecule has 310 valence electrons. The van der Waals surface area contributed by atoms with Gasteiger partial charge in [-0.3, -0.25) is 9.62 Å². The van der Waals surface area contributed by atoms with Crippen LogP contribution in [0.3, 0.4) is 0 Å². The maximum atomic E-state index is 14.2. The molecule has 0 bridgehead atoms. The Morgan fingerprint density at radius 1 is 0.946 bits per heavy atom. The topological polar surface area (TPSA) is 152 Å². The highest BCUT2D eigenvalue weighted by Gasteiger charge is 2.39. The molecule has 0 spiro atoms. The Kier molecular flexibility index (Phi) is 16.2. The third kappa shape index (κ3) is 13.2. The normalized spacial score (nSPS) is 15.1. The number of unbranched alkanes of at least 4 members (excludes halogenated alkanes) is 6. The molecule has 5 N–H and O–H groups in total. The second kappa shape index (κ2) is 20.1. The van der Waals surface area contributed by atoms with Crippen molar-refractivity contribution in [1.82, 2.24) is 10.2 Å². The first kappa shape index (κ1) is 45.0. The number of carboxylic acid groups (broad SMARTS) is 1. The minimum Gasteiger partial charge on any atom is -0.506 e. The lowest BCUT2D eigenvalue weighted by atomic mass is 9.98. The van der Waals surface area contributed by atoms with Crippen LogP contribution in [0.5, 0.6) is 11.5 Å². The number of sulfonamides is 1. The van der Waals surface area contributed by atoms with Crippen molar-refractivity contribution in [2.45, 2.75) is 109 Å². The molecule has 3 aromatic rings. The molecule has 1 aliphatic rings. The molecule has 0 unspecified atom stereocenters. The van der Waals surface area contributed by atoms with Crippen LogP contribution < -0.4 is 14.9 Å². The van der Waals surface area contributed by atoms with Crippen LogP contribution in [0.1, 0.15) is 90.2 Å². The number of hydrogen-bond acceptors (Lipinski definition) is 8. The summed E-state index contributed by atoms with van der Waals surface area (Å²) < 4.78 is 47.1. The van der Waals surface area contributed by atoms with Gasteiger partial charge in [0.25, 0.3) is 0 Å². The quantitative estimate of drug-likeness (QED) is 0.0427. The van der Waals surface area contributed by atoms with Gasteiger partial charge in [-0.1, -0.05) is 83.2 Å². The van der Waals surface area contributed by atoms with E-state index >= 15 is 0 Å². The highest BCUT2D eigenvalue weighted by molar-refractivity contribution is 7.92. The zero-order valence-electron chi connectivity index (χ0n) is 34.0. The summed E-state index contributed by atoms with van der Waals surface area (Å²) in [5, 5.41) is 33.7. The molecule has 1 amide bonds. The lowest BCUT2D eigenvalue weighted by Crippen LogP contribution is -2.47. The predicted octanol–water partition coefficient (Wildman–Crippen LogP) is 9.31. The van der Waals surface area contributed by atoms with Crippen LogP contribution in [0, 0.1) is 5.82 Å². The molecule has 1 saturated heterocycles. The number of amides is 1. The van der Waals surface area contributed by atoms with Gasteiger partial charge < -0.3 is 30.0 Å². The summed E-state index contributed by atoms with van der Waals surface area (Å²) in [6.45, 7) is 15.0. The van der Waals surface area contributed by atoms with Gasteiger partial charge >= 0.3 is 6.09 Å². The Morgan fingerprint density at radius 2 is 1.57 bits per heavy atom. The Labute approximate surface area is 334 Å². The number of anilines is 2. The van der Waals surface area contributed by atoms with Crippen molar-refractivity contribution in [2.24, 2.45) is 0 Å². The number of likely N-dealkylation sites (tertiary alicyclic amines) is 1. The molecule has 14 heteroatoms. The molecule has 0 aromatic heterocycles. The van der Waals surface area contributed by atoms with Gasteiger partial charge in [-0.15, -0.1) is 0 Å². The van der Waals surface area contributed by atoms with Crippen molar-refractivity contribution >= 4 is 35.8 Å². The van der Waals surface area contributed by atoms with Gasteiger partial charge in [0.1, 0.15) is 5.75 Å². The van der Waals surface area contributed by atoms with Gasteiger partial charge in [-0.05, 0) is 98.4 Å². The summed E-state index contributed by atoms with van der Waals surface area (Å²) in [5.74, 6) is -1.31. The first-order chi connectivity index (χ1) is 26.4. The molecule has 4 rings (SSSR count). The number of nitrogens with zero attached hydrogens (tertiary/aromatic N) is 2. The summed E-state index contributed by atoms with van der Waals surface area (Å²) in [6, 6.07) is 16.1. The fourth-order valence-electron chi connectivity index (χ4n) is 6.96. The smallest absolute Gasteiger partial charge is 0.412 e. The maximum absolute atomic E-state index is 14.2. The van der Waals surface area contributed by atoms with Crippen molar-refractivity contribution in [3.05, 3.63) is 72.0 Å². The van der Waals surface area contributed by atoms with Crippen LogP contribution in [0.4, 0.5) is 20.6 Å². The molecule has 0 radical (unpaired) electrons. The van der Waals surface area contributed by atoms with E-state index in [2.05, 4.69) is 48.8 Å². The Balaban J connectivity index is 1.15. The number of rotatable bonds is 20. The molecule has 1 heterocycles. The lowest BCUT2D eigenvalue weighted by molar-refractivity contribution is 0.179. The predicted molar refractivity (Wildman–Crippen MR) is 226 cm³/mol. The third-order valence-electron chi connectivity index (χ3n) is 11.1. The van der Waals surface area contributed by atoms with Crippen LogP contribution in [-0.2, 0) is 14.4 Å². The van der Waals surface area contributed by atoms with E-state index in [4.69, 9.17) is 4.43 Å².